The van der Waals surface area contributed by atoms with E-state index < -0.39 is 0 Å². The van der Waals surface area contributed by atoms with Gasteiger partial charge in [0.2, 0.25) is 0 Å². The summed E-state index contributed by atoms with van der Waals surface area (Å²) < 4.78 is 5.06. The number of anilines is 1. The summed E-state index contributed by atoms with van der Waals surface area (Å²) in [4.78, 5) is 7.85. The largest absolute Gasteiger partial charge is 0.383 e. The molecule has 0 spiro atoms. The van der Waals surface area contributed by atoms with Crippen molar-refractivity contribution in [2.24, 2.45) is 0 Å². The third-order valence-electron chi connectivity index (χ3n) is 1.85. The van der Waals surface area contributed by atoms with Crippen molar-refractivity contribution in [3.63, 3.8) is 0 Å². The molecule has 78 valence electrons. The van der Waals surface area contributed by atoms with E-state index in [1.807, 2.05) is 0 Å². The Morgan fingerprint density at radius 1 is 1.57 bits per heavy atom. The van der Waals surface area contributed by atoms with Crippen LogP contribution in [0.2, 0.25) is 5.15 Å². The number of nitrogens with one attached hydrogen (secondary N) is 1. The summed E-state index contributed by atoms with van der Waals surface area (Å²) in [7, 11) is 1.68. The van der Waals surface area contributed by atoms with Crippen molar-refractivity contribution in [1.82, 2.24) is 9.97 Å². The molecule has 0 amide bonds. The Kier molecular flexibility index (Phi) is 4.62. The van der Waals surface area contributed by atoms with Crippen molar-refractivity contribution in [1.29, 1.82) is 0 Å². The Morgan fingerprint density at radius 2 is 2.36 bits per heavy atom. The SMILES string of the molecule is CCC(COC)Nc1cc(Cl)ncn1. The molecule has 0 aliphatic rings. The summed E-state index contributed by atoms with van der Waals surface area (Å²) in [5, 5.41) is 3.65. The lowest BCUT2D eigenvalue weighted by atomic mass is 10.2. The lowest BCUT2D eigenvalue weighted by molar-refractivity contribution is 0.184. The molecule has 14 heavy (non-hydrogen) atoms. The quantitative estimate of drug-likeness (QED) is 0.763. The number of halogens is 1. The van der Waals surface area contributed by atoms with E-state index in [4.69, 9.17) is 16.3 Å². The van der Waals surface area contributed by atoms with E-state index in [1.165, 1.54) is 6.33 Å². The number of nitrogens with zero attached hydrogens (tertiary/aromatic N) is 2. The number of ether oxygens (including phenoxy) is 1. The van der Waals surface area contributed by atoms with Gasteiger partial charge in [-0.05, 0) is 6.42 Å². The molecule has 1 atom stereocenters. The van der Waals surface area contributed by atoms with E-state index >= 15 is 0 Å². The summed E-state index contributed by atoms with van der Waals surface area (Å²) in [5.74, 6) is 0.730. The van der Waals surface area contributed by atoms with Gasteiger partial charge in [0.05, 0.1) is 12.6 Å². The molecule has 1 aromatic heterocycles. The minimum Gasteiger partial charge on any atom is -0.383 e. The fourth-order valence-corrected chi connectivity index (χ4v) is 1.23. The molecule has 0 bridgehead atoms. The van der Waals surface area contributed by atoms with Crippen LogP contribution in [0, 0.1) is 0 Å². The minimum atomic E-state index is 0.256. The molecular formula is C9H14ClN3O. The van der Waals surface area contributed by atoms with Crippen LogP contribution in [0.1, 0.15) is 13.3 Å². The maximum atomic E-state index is 5.73. The summed E-state index contributed by atoms with van der Waals surface area (Å²) in [6.45, 7) is 2.73. The van der Waals surface area contributed by atoms with E-state index in [1.54, 1.807) is 13.2 Å². The Morgan fingerprint density at radius 3 is 2.93 bits per heavy atom. The first-order chi connectivity index (χ1) is 6.76. The van der Waals surface area contributed by atoms with Crippen LogP contribution in [0.4, 0.5) is 5.82 Å². The van der Waals surface area contributed by atoms with E-state index in [0.717, 1.165) is 12.2 Å². The smallest absolute Gasteiger partial charge is 0.134 e. The van der Waals surface area contributed by atoms with Gasteiger partial charge in [-0.15, -0.1) is 0 Å². The van der Waals surface area contributed by atoms with E-state index in [2.05, 4.69) is 22.2 Å². The van der Waals surface area contributed by atoms with Gasteiger partial charge in [-0.3, -0.25) is 0 Å². The predicted octanol–water partition coefficient (Wildman–Crippen LogP) is 1.97. The third-order valence-corrected chi connectivity index (χ3v) is 2.05. The van der Waals surface area contributed by atoms with Gasteiger partial charge in [0.15, 0.2) is 0 Å². The summed E-state index contributed by atoms with van der Waals surface area (Å²) in [6.07, 6.45) is 2.40. The highest BCUT2D eigenvalue weighted by Crippen LogP contribution is 2.10. The van der Waals surface area contributed by atoms with Crippen molar-refractivity contribution >= 4 is 17.4 Å². The molecule has 1 N–H and O–H groups in total. The summed E-state index contributed by atoms with van der Waals surface area (Å²) >= 11 is 5.73. The van der Waals surface area contributed by atoms with Gasteiger partial charge in [0.1, 0.15) is 17.3 Å². The molecular weight excluding hydrogens is 202 g/mol. The van der Waals surface area contributed by atoms with Crippen LogP contribution in [0.15, 0.2) is 12.4 Å². The van der Waals surface area contributed by atoms with Crippen LogP contribution in [-0.2, 0) is 4.74 Å². The van der Waals surface area contributed by atoms with E-state index in [9.17, 15) is 0 Å². The van der Waals surface area contributed by atoms with Crippen LogP contribution in [0.5, 0.6) is 0 Å². The Labute approximate surface area is 88.7 Å². The predicted molar refractivity (Wildman–Crippen MR) is 56.6 cm³/mol. The highest BCUT2D eigenvalue weighted by Gasteiger charge is 2.06. The molecule has 0 fully saturated rings. The maximum absolute atomic E-state index is 5.73. The topological polar surface area (TPSA) is 47.0 Å². The van der Waals surface area contributed by atoms with Crippen molar-refractivity contribution < 1.29 is 4.74 Å². The average molecular weight is 216 g/mol. The fraction of sp³-hybridized carbons (Fsp3) is 0.556. The minimum absolute atomic E-state index is 0.256. The molecule has 0 aliphatic heterocycles. The maximum Gasteiger partial charge on any atom is 0.134 e. The van der Waals surface area contributed by atoms with Gasteiger partial charge in [0.25, 0.3) is 0 Å². The van der Waals surface area contributed by atoms with Crippen LogP contribution in [-0.4, -0.2) is 29.7 Å². The second-order valence-electron chi connectivity index (χ2n) is 2.93. The van der Waals surface area contributed by atoms with Crippen LogP contribution in [0.25, 0.3) is 0 Å². The fourth-order valence-electron chi connectivity index (χ4n) is 1.08. The van der Waals surface area contributed by atoms with Gasteiger partial charge in [-0.2, -0.15) is 0 Å². The van der Waals surface area contributed by atoms with Crippen molar-refractivity contribution in [2.45, 2.75) is 19.4 Å². The summed E-state index contributed by atoms with van der Waals surface area (Å²) in [5.41, 5.74) is 0. The molecule has 1 rings (SSSR count). The molecule has 0 radical (unpaired) electrons. The molecule has 1 heterocycles. The lowest BCUT2D eigenvalue weighted by Gasteiger charge is -2.16. The number of aromatic nitrogens is 2. The number of rotatable bonds is 5. The number of methoxy groups -OCH3 is 1. The van der Waals surface area contributed by atoms with Gasteiger partial charge in [-0.25, -0.2) is 9.97 Å². The highest BCUT2D eigenvalue weighted by molar-refractivity contribution is 6.29. The molecule has 0 aliphatic carbocycles. The third kappa shape index (κ3) is 3.47. The zero-order valence-electron chi connectivity index (χ0n) is 8.33. The van der Waals surface area contributed by atoms with E-state index in [-0.39, 0.29) is 6.04 Å². The highest BCUT2D eigenvalue weighted by atomic mass is 35.5. The Balaban J connectivity index is 2.57. The standard InChI is InChI=1S/C9H14ClN3O/c1-3-7(5-14-2)13-9-4-8(10)11-6-12-9/h4,6-7H,3,5H2,1-2H3,(H,11,12,13). The zero-order valence-corrected chi connectivity index (χ0v) is 9.08. The normalized spacial score (nSPS) is 12.5. The average Bonchev–Trinajstić information content (AvgIpc) is 2.17. The van der Waals surface area contributed by atoms with Crippen molar-refractivity contribution in [3.8, 4) is 0 Å². The molecule has 5 heteroatoms. The van der Waals surface area contributed by atoms with Gasteiger partial charge in [0, 0.05) is 13.2 Å². The number of hydrogen-bond donors (Lipinski definition) is 1. The Bertz CT molecular complexity index is 283. The molecule has 0 saturated carbocycles. The second kappa shape index (κ2) is 5.78. The molecule has 0 aromatic carbocycles. The first kappa shape index (κ1) is 11.2. The van der Waals surface area contributed by atoms with Crippen molar-refractivity contribution in [2.75, 3.05) is 19.0 Å². The van der Waals surface area contributed by atoms with Crippen LogP contribution < -0.4 is 5.32 Å². The van der Waals surface area contributed by atoms with E-state index in [0.29, 0.717) is 11.8 Å². The van der Waals surface area contributed by atoms with Gasteiger partial charge >= 0.3 is 0 Å². The van der Waals surface area contributed by atoms with Crippen LogP contribution in [0.3, 0.4) is 0 Å². The Hall–Kier alpha value is -0.870. The molecule has 4 nitrogen and oxygen atoms in total. The second-order valence-corrected chi connectivity index (χ2v) is 3.32. The van der Waals surface area contributed by atoms with Crippen LogP contribution >= 0.6 is 11.6 Å². The lowest BCUT2D eigenvalue weighted by Crippen LogP contribution is -2.24. The first-order valence-corrected chi connectivity index (χ1v) is 4.87. The monoisotopic (exact) mass is 215 g/mol. The van der Waals surface area contributed by atoms with Gasteiger partial charge < -0.3 is 10.1 Å². The number of hydrogen-bond acceptors (Lipinski definition) is 4. The van der Waals surface area contributed by atoms with Gasteiger partial charge in [-0.1, -0.05) is 18.5 Å². The first-order valence-electron chi connectivity index (χ1n) is 4.49. The summed E-state index contributed by atoms with van der Waals surface area (Å²) in [6, 6.07) is 1.95. The molecule has 1 unspecified atom stereocenters. The zero-order chi connectivity index (χ0) is 10.4. The molecule has 1 aromatic rings. The van der Waals surface area contributed by atoms with Crippen molar-refractivity contribution in [3.05, 3.63) is 17.5 Å². The molecule has 0 saturated heterocycles.